The average molecular weight is 752 g/mol. The largest absolute Gasteiger partial charge is 0.457 e. The molecule has 286 valence electrons. The fourth-order valence-electron chi connectivity index (χ4n) is 7.43. The van der Waals surface area contributed by atoms with Crippen LogP contribution < -0.4 is 9.47 Å². The van der Waals surface area contributed by atoms with Crippen molar-refractivity contribution in [3.63, 3.8) is 0 Å². The molecule has 0 amide bonds. The van der Waals surface area contributed by atoms with Crippen LogP contribution in [0.4, 0.5) is 0 Å². The summed E-state index contributed by atoms with van der Waals surface area (Å²) in [5.74, 6) is 4.95. The van der Waals surface area contributed by atoms with Crippen molar-refractivity contribution in [2.45, 2.75) is 79.1 Å². The molecule has 8 aromatic rings. The highest BCUT2D eigenvalue weighted by Gasteiger charge is 2.19. The number of hydrogen-bond donors (Lipinski definition) is 0. The normalized spacial score (nSPS) is 11.8. The SMILES string of the molecule is CC(C)c1ccnc(-c2ccc(C(C)C)c(Oc3ccc4c5ccc(Oc6cc(-c7cc(C(C)C)ccn7)ccc6C(C)C)cc5n(-c5ncccn5)c4c3)c2)c1. The zero-order valence-electron chi connectivity index (χ0n) is 34.0. The van der Waals surface area contributed by atoms with E-state index in [1.54, 1.807) is 12.4 Å². The molecule has 0 aliphatic carbocycles. The number of fused-ring (bicyclic) bond motifs is 3. The van der Waals surface area contributed by atoms with Crippen LogP contribution in [-0.2, 0) is 0 Å². The first-order valence-corrected chi connectivity index (χ1v) is 20.0. The number of hydrogen-bond acceptors (Lipinski definition) is 6. The monoisotopic (exact) mass is 751 g/mol. The molecule has 8 rings (SSSR count). The summed E-state index contributed by atoms with van der Waals surface area (Å²) in [5, 5.41) is 2.12. The Morgan fingerprint density at radius 1 is 0.439 bits per heavy atom. The summed E-state index contributed by atoms with van der Waals surface area (Å²) in [7, 11) is 0. The Morgan fingerprint density at radius 2 is 0.895 bits per heavy atom. The minimum Gasteiger partial charge on any atom is -0.457 e. The van der Waals surface area contributed by atoms with Crippen LogP contribution in [0.2, 0.25) is 0 Å². The van der Waals surface area contributed by atoms with Crippen molar-refractivity contribution in [3.8, 4) is 51.5 Å². The third kappa shape index (κ3) is 7.62. The highest BCUT2D eigenvalue weighted by atomic mass is 16.5. The van der Waals surface area contributed by atoms with Crippen molar-refractivity contribution in [2.24, 2.45) is 0 Å². The molecule has 0 N–H and O–H groups in total. The Morgan fingerprint density at radius 3 is 1.32 bits per heavy atom. The second kappa shape index (κ2) is 15.7. The zero-order chi connectivity index (χ0) is 39.8. The molecule has 4 aromatic carbocycles. The van der Waals surface area contributed by atoms with Gasteiger partial charge in [0.25, 0.3) is 0 Å². The molecule has 0 spiro atoms. The lowest BCUT2D eigenvalue weighted by Crippen LogP contribution is -2.00. The Balaban J connectivity index is 1.21. The second-order valence-electron chi connectivity index (χ2n) is 16.0. The minimum atomic E-state index is 0.258. The maximum atomic E-state index is 6.80. The zero-order valence-corrected chi connectivity index (χ0v) is 34.0. The molecule has 0 saturated heterocycles. The third-order valence-electron chi connectivity index (χ3n) is 10.7. The van der Waals surface area contributed by atoms with Crippen molar-refractivity contribution in [3.05, 3.63) is 150 Å². The van der Waals surface area contributed by atoms with Gasteiger partial charge in [-0.2, -0.15) is 0 Å². The maximum absolute atomic E-state index is 6.80. The first-order valence-electron chi connectivity index (χ1n) is 20.0. The summed E-state index contributed by atoms with van der Waals surface area (Å²) >= 11 is 0. The van der Waals surface area contributed by atoms with Crippen molar-refractivity contribution in [1.82, 2.24) is 24.5 Å². The molecule has 4 heterocycles. The van der Waals surface area contributed by atoms with Gasteiger partial charge in [-0.15, -0.1) is 0 Å². The molecule has 57 heavy (non-hydrogen) atoms. The lowest BCUT2D eigenvalue weighted by atomic mass is 9.97. The number of pyridine rings is 2. The molecule has 0 saturated carbocycles. The average Bonchev–Trinajstić information content (AvgIpc) is 3.53. The van der Waals surface area contributed by atoms with Gasteiger partial charge in [-0.3, -0.25) is 14.5 Å². The minimum absolute atomic E-state index is 0.258. The highest BCUT2D eigenvalue weighted by molar-refractivity contribution is 6.09. The van der Waals surface area contributed by atoms with Gasteiger partial charge in [0.2, 0.25) is 5.95 Å². The summed E-state index contributed by atoms with van der Waals surface area (Å²) in [4.78, 5) is 18.8. The van der Waals surface area contributed by atoms with Crippen LogP contribution in [0, 0.1) is 0 Å². The summed E-state index contributed by atoms with van der Waals surface area (Å²) in [6.45, 7) is 17.6. The van der Waals surface area contributed by atoms with E-state index in [0.717, 1.165) is 78.4 Å². The van der Waals surface area contributed by atoms with E-state index in [9.17, 15) is 0 Å². The van der Waals surface area contributed by atoms with Gasteiger partial charge in [0.1, 0.15) is 23.0 Å². The van der Waals surface area contributed by atoms with Gasteiger partial charge in [0.15, 0.2) is 0 Å². The summed E-state index contributed by atoms with van der Waals surface area (Å²) in [5.41, 5.74) is 10.5. The van der Waals surface area contributed by atoms with Gasteiger partial charge in [-0.1, -0.05) is 79.7 Å². The third-order valence-corrected chi connectivity index (χ3v) is 10.7. The first kappa shape index (κ1) is 37.6. The molecule has 0 fully saturated rings. The molecule has 7 nitrogen and oxygen atoms in total. The standard InChI is InChI=1S/C50H49N5O2/c1-30(2)34-18-22-51-44(24-34)36-10-14-40(32(5)6)48(26-36)56-38-12-16-42-43-17-13-39(29-47(43)55(46(42)28-38)50-53-20-9-21-54-50)57-49-27-37(11-15-41(49)33(7)8)45-25-35(31(3)4)19-23-52-45/h9-33H,1-8H3. The molecular formula is C50H49N5O2. The van der Waals surface area contributed by atoms with Gasteiger partial charge in [0, 0.05) is 58.8 Å². The molecule has 0 radical (unpaired) electrons. The first-order chi connectivity index (χ1) is 27.5. The van der Waals surface area contributed by atoms with Crippen LogP contribution in [0.1, 0.15) is 101 Å². The predicted octanol–water partition coefficient (Wildman–Crippen LogP) is 13.8. The van der Waals surface area contributed by atoms with Crippen LogP contribution in [0.15, 0.2) is 128 Å². The Hall–Kier alpha value is -6.34. The number of benzene rings is 4. The summed E-state index contributed by atoms with van der Waals surface area (Å²) in [6.07, 6.45) is 7.32. The van der Waals surface area contributed by atoms with E-state index in [2.05, 4.69) is 145 Å². The molecule has 7 heteroatoms. The Bertz CT molecular complexity index is 2550. The predicted molar refractivity (Wildman–Crippen MR) is 232 cm³/mol. The lowest BCUT2D eigenvalue weighted by Gasteiger charge is -2.16. The van der Waals surface area contributed by atoms with Crippen LogP contribution in [0.5, 0.6) is 23.0 Å². The van der Waals surface area contributed by atoms with Gasteiger partial charge in [-0.25, -0.2) is 9.97 Å². The van der Waals surface area contributed by atoms with E-state index in [4.69, 9.17) is 29.4 Å². The van der Waals surface area contributed by atoms with Crippen LogP contribution >= 0.6 is 0 Å². The fourth-order valence-corrected chi connectivity index (χ4v) is 7.43. The van der Waals surface area contributed by atoms with Crippen molar-refractivity contribution in [2.75, 3.05) is 0 Å². The quantitative estimate of drug-likeness (QED) is 0.131. The van der Waals surface area contributed by atoms with E-state index in [1.165, 1.54) is 11.1 Å². The highest BCUT2D eigenvalue weighted by Crippen LogP contribution is 2.41. The number of nitrogens with zero attached hydrogens (tertiary/aromatic N) is 5. The smallest absolute Gasteiger partial charge is 0.234 e. The fraction of sp³-hybridized carbons (Fsp3) is 0.240. The number of rotatable bonds is 11. The van der Waals surface area contributed by atoms with E-state index in [1.807, 2.05) is 30.6 Å². The molecule has 0 atom stereocenters. The molecule has 0 aliphatic heterocycles. The summed E-state index contributed by atoms with van der Waals surface area (Å²) in [6, 6.07) is 35.7. The van der Waals surface area contributed by atoms with E-state index in [-0.39, 0.29) is 11.8 Å². The van der Waals surface area contributed by atoms with E-state index >= 15 is 0 Å². The van der Waals surface area contributed by atoms with Crippen molar-refractivity contribution in [1.29, 1.82) is 0 Å². The molecule has 4 aromatic heterocycles. The molecule has 0 bridgehead atoms. The van der Waals surface area contributed by atoms with E-state index < -0.39 is 0 Å². The summed E-state index contributed by atoms with van der Waals surface area (Å²) < 4.78 is 15.7. The van der Waals surface area contributed by atoms with Crippen LogP contribution in [0.25, 0.3) is 50.3 Å². The maximum Gasteiger partial charge on any atom is 0.234 e. The van der Waals surface area contributed by atoms with Gasteiger partial charge in [0.05, 0.1) is 22.4 Å². The van der Waals surface area contributed by atoms with Gasteiger partial charge < -0.3 is 9.47 Å². The Kier molecular flexibility index (Phi) is 10.3. The second-order valence-corrected chi connectivity index (χ2v) is 16.0. The number of aromatic nitrogens is 5. The van der Waals surface area contributed by atoms with Crippen molar-refractivity contribution < 1.29 is 9.47 Å². The van der Waals surface area contributed by atoms with Gasteiger partial charge in [-0.05, 0) is 113 Å². The molecule has 0 aliphatic rings. The lowest BCUT2D eigenvalue weighted by molar-refractivity contribution is 0.474. The molecular weight excluding hydrogens is 703 g/mol. The molecule has 0 unspecified atom stereocenters. The number of ether oxygens (including phenoxy) is 2. The Labute approximate surface area is 335 Å². The van der Waals surface area contributed by atoms with Gasteiger partial charge >= 0.3 is 0 Å². The topological polar surface area (TPSA) is 75.0 Å². The van der Waals surface area contributed by atoms with Crippen molar-refractivity contribution >= 4 is 21.8 Å². The van der Waals surface area contributed by atoms with E-state index in [0.29, 0.717) is 17.8 Å². The van der Waals surface area contributed by atoms with Crippen LogP contribution in [-0.4, -0.2) is 24.5 Å². The van der Waals surface area contributed by atoms with Crippen LogP contribution in [0.3, 0.4) is 0 Å².